The van der Waals surface area contributed by atoms with Crippen molar-refractivity contribution in [2.45, 2.75) is 26.8 Å². The van der Waals surface area contributed by atoms with Crippen molar-refractivity contribution in [3.63, 3.8) is 0 Å². The van der Waals surface area contributed by atoms with Crippen LogP contribution in [0.25, 0.3) is 11.1 Å². The molecule has 0 saturated carbocycles. The van der Waals surface area contributed by atoms with Gasteiger partial charge in [-0.15, -0.1) is 0 Å². The van der Waals surface area contributed by atoms with Crippen LogP contribution < -0.4 is 5.32 Å². The van der Waals surface area contributed by atoms with Crippen molar-refractivity contribution in [3.05, 3.63) is 53.9 Å². The Kier molecular flexibility index (Phi) is 4.48. The van der Waals surface area contributed by atoms with Gasteiger partial charge < -0.3 is 5.32 Å². The van der Waals surface area contributed by atoms with Crippen molar-refractivity contribution in [3.8, 4) is 11.1 Å². The molecule has 0 aliphatic rings. The summed E-state index contributed by atoms with van der Waals surface area (Å²) >= 11 is 0. The van der Waals surface area contributed by atoms with Gasteiger partial charge in [-0.1, -0.05) is 25.1 Å². The van der Waals surface area contributed by atoms with E-state index in [1.165, 1.54) is 28.7 Å². The van der Waals surface area contributed by atoms with Crippen LogP contribution in [0.4, 0.5) is 0 Å². The van der Waals surface area contributed by atoms with E-state index in [-0.39, 0.29) is 0 Å². The highest BCUT2D eigenvalue weighted by Crippen LogP contribution is 2.23. The molecule has 1 heterocycles. The maximum Gasteiger partial charge on any atom is 0.0303 e. The average molecular weight is 240 g/mol. The van der Waals surface area contributed by atoms with E-state index >= 15 is 0 Å². The van der Waals surface area contributed by atoms with E-state index in [1.54, 1.807) is 0 Å². The lowest BCUT2D eigenvalue weighted by atomic mass is 10.0. The summed E-state index contributed by atoms with van der Waals surface area (Å²) in [5.41, 5.74) is 5.08. The third kappa shape index (κ3) is 3.17. The van der Waals surface area contributed by atoms with Crippen LogP contribution in [-0.2, 0) is 6.54 Å². The molecule has 94 valence electrons. The normalized spacial score (nSPS) is 10.6. The molecule has 0 atom stereocenters. The molecule has 18 heavy (non-hydrogen) atoms. The van der Waals surface area contributed by atoms with Gasteiger partial charge in [0.1, 0.15) is 0 Å². The van der Waals surface area contributed by atoms with E-state index in [0.717, 1.165) is 13.1 Å². The Labute approximate surface area is 109 Å². The molecule has 0 radical (unpaired) electrons. The molecule has 0 bridgehead atoms. The van der Waals surface area contributed by atoms with Crippen LogP contribution in [0.2, 0.25) is 0 Å². The SMILES string of the molecule is CCCNCc1cccc(-c2ccncc2C)c1. The first-order chi connectivity index (χ1) is 8.81. The van der Waals surface area contributed by atoms with E-state index in [1.807, 2.05) is 12.4 Å². The number of hydrogen-bond donors (Lipinski definition) is 1. The van der Waals surface area contributed by atoms with Crippen molar-refractivity contribution in [2.24, 2.45) is 0 Å². The minimum atomic E-state index is 0.936. The molecule has 0 unspecified atom stereocenters. The summed E-state index contributed by atoms with van der Waals surface area (Å²) in [6.45, 7) is 6.29. The Hall–Kier alpha value is -1.67. The lowest BCUT2D eigenvalue weighted by molar-refractivity contribution is 0.675. The number of rotatable bonds is 5. The molecular weight excluding hydrogens is 220 g/mol. The number of nitrogens with zero attached hydrogens (tertiary/aromatic N) is 1. The minimum Gasteiger partial charge on any atom is -0.313 e. The zero-order valence-electron chi connectivity index (χ0n) is 11.1. The summed E-state index contributed by atoms with van der Waals surface area (Å²) in [5, 5.41) is 3.43. The van der Waals surface area contributed by atoms with Crippen LogP contribution in [0, 0.1) is 6.92 Å². The van der Waals surface area contributed by atoms with Crippen molar-refractivity contribution < 1.29 is 0 Å². The van der Waals surface area contributed by atoms with Gasteiger partial charge in [-0.3, -0.25) is 4.98 Å². The molecule has 0 spiro atoms. The number of aromatic nitrogens is 1. The van der Waals surface area contributed by atoms with Gasteiger partial charge in [-0.25, -0.2) is 0 Å². The zero-order valence-corrected chi connectivity index (χ0v) is 11.1. The first-order valence-electron chi connectivity index (χ1n) is 6.52. The van der Waals surface area contributed by atoms with E-state index < -0.39 is 0 Å². The molecule has 0 fully saturated rings. The second-order valence-electron chi connectivity index (χ2n) is 4.57. The lowest BCUT2D eigenvalue weighted by Gasteiger charge is -2.08. The molecule has 1 aromatic heterocycles. The van der Waals surface area contributed by atoms with Crippen molar-refractivity contribution in [1.29, 1.82) is 0 Å². The Balaban J connectivity index is 2.19. The van der Waals surface area contributed by atoms with Gasteiger partial charge in [-0.2, -0.15) is 0 Å². The molecule has 1 N–H and O–H groups in total. The molecular formula is C16H20N2. The van der Waals surface area contributed by atoms with Crippen molar-refractivity contribution in [1.82, 2.24) is 10.3 Å². The minimum absolute atomic E-state index is 0.936. The predicted molar refractivity (Wildman–Crippen MR) is 76.4 cm³/mol. The number of pyridine rings is 1. The molecule has 2 rings (SSSR count). The van der Waals surface area contributed by atoms with Crippen LogP contribution >= 0.6 is 0 Å². The van der Waals surface area contributed by atoms with Crippen LogP contribution in [0.5, 0.6) is 0 Å². The van der Waals surface area contributed by atoms with Crippen LogP contribution in [0.3, 0.4) is 0 Å². The maximum absolute atomic E-state index is 4.14. The van der Waals surface area contributed by atoms with Gasteiger partial charge in [0, 0.05) is 18.9 Å². The van der Waals surface area contributed by atoms with E-state index in [0.29, 0.717) is 0 Å². The molecule has 0 amide bonds. The molecule has 1 aromatic carbocycles. The van der Waals surface area contributed by atoms with E-state index in [9.17, 15) is 0 Å². The summed E-state index contributed by atoms with van der Waals surface area (Å²) in [4.78, 5) is 4.14. The van der Waals surface area contributed by atoms with E-state index in [4.69, 9.17) is 0 Å². The number of benzene rings is 1. The van der Waals surface area contributed by atoms with Crippen LogP contribution in [-0.4, -0.2) is 11.5 Å². The summed E-state index contributed by atoms with van der Waals surface area (Å²) < 4.78 is 0. The van der Waals surface area contributed by atoms with Gasteiger partial charge in [0.2, 0.25) is 0 Å². The quantitative estimate of drug-likeness (QED) is 0.808. The Bertz CT molecular complexity index is 506. The van der Waals surface area contributed by atoms with Crippen molar-refractivity contribution >= 4 is 0 Å². The third-order valence-corrected chi connectivity index (χ3v) is 3.01. The molecule has 0 saturated heterocycles. The zero-order chi connectivity index (χ0) is 12.8. The van der Waals surface area contributed by atoms with Gasteiger partial charge >= 0.3 is 0 Å². The summed E-state index contributed by atoms with van der Waals surface area (Å²) in [6, 6.07) is 10.8. The predicted octanol–water partition coefficient (Wildman–Crippen LogP) is 3.56. The molecule has 0 aliphatic heterocycles. The van der Waals surface area contributed by atoms with Crippen LogP contribution in [0.15, 0.2) is 42.7 Å². The molecule has 0 aliphatic carbocycles. The van der Waals surface area contributed by atoms with Crippen LogP contribution in [0.1, 0.15) is 24.5 Å². The second kappa shape index (κ2) is 6.31. The van der Waals surface area contributed by atoms with Gasteiger partial charge in [0.15, 0.2) is 0 Å². The van der Waals surface area contributed by atoms with Gasteiger partial charge in [-0.05, 0) is 54.3 Å². The van der Waals surface area contributed by atoms with E-state index in [2.05, 4.69) is 54.5 Å². The second-order valence-corrected chi connectivity index (χ2v) is 4.57. The third-order valence-electron chi connectivity index (χ3n) is 3.01. The lowest BCUT2D eigenvalue weighted by Crippen LogP contribution is -2.13. The number of nitrogens with one attached hydrogen (secondary N) is 1. The van der Waals surface area contributed by atoms with Gasteiger partial charge in [0.25, 0.3) is 0 Å². The largest absolute Gasteiger partial charge is 0.313 e. The molecule has 2 nitrogen and oxygen atoms in total. The fourth-order valence-corrected chi connectivity index (χ4v) is 2.06. The topological polar surface area (TPSA) is 24.9 Å². The Morgan fingerprint density at radius 2 is 2.11 bits per heavy atom. The highest BCUT2D eigenvalue weighted by atomic mass is 14.8. The molecule has 2 aromatic rings. The fraction of sp³-hybridized carbons (Fsp3) is 0.312. The summed E-state index contributed by atoms with van der Waals surface area (Å²) in [5.74, 6) is 0. The average Bonchev–Trinajstić information content (AvgIpc) is 2.40. The monoisotopic (exact) mass is 240 g/mol. The Morgan fingerprint density at radius 1 is 1.22 bits per heavy atom. The summed E-state index contributed by atoms with van der Waals surface area (Å²) in [6.07, 6.45) is 4.94. The first kappa shape index (κ1) is 12.8. The maximum atomic E-state index is 4.14. The van der Waals surface area contributed by atoms with Crippen molar-refractivity contribution in [2.75, 3.05) is 6.54 Å². The highest BCUT2D eigenvalue weighted by molar-refractivity contribution is 5.66. The fourth-order valence-electron chi connectivity index (χ4n) is 2.06. The molecule has 2 heteroatoms. The Morgan fingerprint density at radius 3 is 2.89 bits per heavy atom. The summed E-state index contributed by atoms with van der Waals surface area (Å²) in [7, 11) is 0. The highest BCUT2D eigenvalue weighted by Gasteiger charge is 2.02. The standard InChI is InChI=1S/C16H20N2/c1-3-8-17-12-14-5-4-6-15(10-14)16-7-9-18-11-13(16)2/h4-7,9-11,17H,3,8,12H2,1-2H3. The smallest absolute Gasteiger partial charge is 0.0303 e. The van der Waals surface area contributed by atoms with Gasteiger partial charge in [0.05, 0.1) is 0 Å². The number of hydrogen-bond acceptors (Lipinski definition) is 2. The first-order valence-corrected chi connectivity index (χ1v) is 6.52. The number of aryl methyl sites for hydroxylation is 1.